The molecule has 1 saturated carbocycles. The van der Waals surface area contributed by atoms with E-state index in [2.05, 4.69) is 15.6 Å². The number of thiophene rings is 1. The van der Waals surface area contributed by atoms with Crippen molar-refractivity contribution in [2.24, 2.45) is 0 Å². The normalized spacial score (nSPS) is 13.5. The molecular formula is C18H18N4O4S. The zero-order valence-electron chi connectivity index (χ0n) is 14.7. The number of benzene rings is 1. The molecule has 3 aromatic rings. The number of carbonyl (C=O) groups excluding carboxylic acids is 2. The molecule has 140 valence electrons. The highest BCUT2D eigenvalue weighted by Crippen LogP contribution is 2.46. The van der Waals surface area contributed by atoms with Gasteiger partial charge in [0.15, 0.2) is 6.61 Å². The van der Waals surface area contributed by atoms with Crippen molar-refractivity contribution in [1.82, 2.24) is 15.2 Å². The topological polar surface area (TPSA) is 95.3 Å². The molecule has 0 atom stereocenters. The monoisotopic (exact) mass is 386 g/mol. The second-order valence-electron chi connectivity index (χ2n) is 6.16. The molecule has 1 aromatic carbocycles. The van der Waals surface area contributed by atoms with Crippen LogP contribution in [0.4, 0.5) is 5.00 Å². The molecule has 4 rings (SSSR count). The second kappa shape index (κ2) is 7.36. The molecule has 0 radical (unpaired) electrons. The number of ether oxygens (including phenoxy) is 1. The minimum absolute atomic E-state index is 0.258. The number of nitrogens with zero attached hydrogens (tertiary/aromatic N) is 3. The molecule has 0 spiro atoms. The van der Waals surface area contributed by atoms with Gasteiger partial charge in [0.25, 0.3) is 5.91 Å². The van der Waals surface area contributed by atoms with Gasteiger partial charge in [-0.05, 0) is 54.0 Å². The van der Waals surface area contributed by atoms with E-state index in [1.807, 2.05) is 17.5 Å². The Balaban J connectivity index is 1.45. The lowest BCUT2D eigenvalue weighted by molar-refractivity contribution is -0.121. The molecule has 1 aliphatic carbocycles. The van der Waals surface area contributed by atoms with E-state index in [0.29, 0.717) is 27.5 Å². The summed E-state index contributed by atoms with van der Waals surface area (Å²) in [6.45, 7) is 1.79. The maximum Gasteiger partial charge on any atom is 0.341 e. The largest absolute Gasteiger partial charge is 0.462 e. The fraction of sp³-hybridized carbons (Fsp3) is 0.333. The van der Waals surface area contributed by atoms with Crippen LogP contribution in [0.25, 0.3) is 11.0 Å². The first kappa shape index (κ1) is 17.5. The van der Waals surface area contributed by atoms with Crippen LogP contribution in [0.3, 0.4) is 0 Å². The van der Waals surface area contributed by atoms with E-state index >= 15 is 0 Å². The van der Waals surface area contributed by atoms with Gasteiger partial charge in [0, 0.05) is 0 Å². The molecule has 2 heterocycles. The summed E-state index contributed by atoms with van der Waals surface area (Å²) in [6.07, 6.45) is 2.11. The number of fused-ring (bicyclic) bond motifs is 1. The van der Waals surface area contributed by atoms with E-state index in [4.69, 9.17) is 9.57 Å². The summed E-state index contributed by atoms with van der Waals surface area (Å²) in [5.74, 6) is -0.410. The molecule has 8 nitrogen and oxygen atoms in total. The van der Waals surface area contributed by atoms with E-state index in [9.17, 15) is 9.59 Å². The van der Waals surface area contributed by atoms with Crippen molar-refractivity contribution in [3.63, 3.8) is 0 Å². The lowest BCUT2D eigenvalue weighted by Crippen LogP contribution is -2.26. The van der Waals surface area contributed by atoms with Crippen LogP contribution < -0.4 is 10.2 Å². The van der Waals surface area contributed by atoms with Gasteiger partial charge in [-0.15, -0.1) is 16.4 Å². The van der Waals surface area contributed by atoms with Crippen LogP contribution in [-0.2, 0) is 9.53 Å². The fourth-order valence-electron chi connectivity index (χ4n) is 2.80. The van der Waals surface area contributed by atoms with Crippen LogP contribution in [-0.4, -0.2) is 40.2 Å². The zero-order valence-corrected chi connectivity index (χ0v) is 15.5. The SMILES string of the molecule is CCOC(=O)c1c(C2CC2)csc1NC(=O)COn1nnc2ccccc21. The van der Waals surface area contributed by atoms with Gasteiger partial charge in [0.2, 0.25) is 0 Å². The van der Waals surface area contributed by atoms with Crippen molar-refractivity contribution in [2.75, 3.05) is 18.5 Å². The van der Waals surface area contributed by atoms with Gasteiger partial charge in [-0.1, -0.05) is 17.0 Å². The summed E-state index contributed by atoms with van der Waals surface area (Å²) in [5.41, 5.74) is 2.76. The number of aromatic nitrogens is 3. The van der Waals surface area contributed by atoms with Gasteiger partial charge in [-0.25, -0.2) is 4.79 Å². The molecular weight excluding hydrogens is 368 g/mol. The van der Waals surface area contributed by atoms with Crippen molar-refractivity contribution in [1.29, 1.82) is 0 Å². The summed E-state index contributed by atoms with van der Waals surface area (Å²) in [4.78, 5) is 31.3. The predicted molar refractivity (Wildman–Crippen MR) is 99.9 cm³/mol. The summed E-state index contributed by atoms with van der Waals surface area (Å²) in [7, 11) is 0. The fourth-order valence-corrected chi connectivity index (χ4v) is 3.84. The summed E-state index contributed by atoms with van der Waals surface area (Å²) in [6, 6.07) is 7.29. The first-order chi connectivity index (χ1) is 13.2. The van der Waals surface area contributed by atoms with E-state index in [0.717, 1.165) is 18.4 Å². The molecule has 1 amide bonds. The Labute approximate surface area is 159 Å². The van der Waals surface area contributed by atoms with Crippen LogP contribution in [0.15, 0.2) is 29.6 Å². The number of amides is 1. The highest BCUT2D eigenvalue weighted by atomic mass is 32.1. The van der Waals surface area contributed by atoms with E-state index in [1.165, 1.54) is 16.2 Å². The molecule has 0 unspecified atom stereocenters. The minimum Gasteiger partial charge on any atom is -0.462 e. The van der Waals surface area contributed by atoms with Gasteiger partial charge >= 0.3 is 5.97 Å². The minimum atomic E-state index is -0.404. The highest BCUT2D eigenvalue weighted by molar-refractivity contribution is 7.15. The molecule has 0 bridgehead atoms. The van der Waals surface area contributed by atoms with Crippen molar-refractivity contribution in [2.45, 2.75) is 25.7 Å². The number of nitrogens with one attached hydrogen (secondary N) is 1. The Hall–Kier alpha value is -2.94. The van der Waals surface area contributed by atoms with E-state index < -0.39 is 5.97 Å². The smallest absolute Gasteiger partial charge is 0.341 e. The van der Waals surface area contributed by atoms with Gasteiger partial charge in [0.1, 0.15) is 16.0 Å². The number of para-hydroxylation sites is 1. The van der Waals surface area contributed by atoms with Gasteiger partial charge < -0.3 is 14.9 Å². The number of esters is 1. The average molecular weight is 386 g/mol. The maximum atomic E-state index is 12.3. The molecule has 0 saturated heterocycles. The first-order valence-corrected chi connectivity index (χ1v) is 9.57. The number of hydrogen-bond acceptors (Lipinski definition) is 7. The first-order valence-electron chi connectivity index (χ1n) is 8.69. The predicted octanol–water partition coefficient (Wildman–Crippen LogP) is 2.61. The van der Waals surface area contributed by atoms with Crippen molar-refractivity contribution in [3.05, 3.63) is 40.8 Å². The van der Waals surface area contributed by atoms with Crippen molar-refractivity contribution < 1.29 is 19.2 Å². The second-order valence-corrected chi connectivity index (χ2v) is 7.04. The Bertz CT molecular complexity index is 992. The van der Waals surface area contributed by atoms with Gasteiger partial charge in [-0.3, -0.25) is 4.79 Å². The zero-order chi connectivity index (χ0) is 18.8. The van der Waals surface area contributed by atoms with E-state index in [-0.39, 0.29) is 19.1 Å². The number of carbonyl (C=O) groups is 2. The maximum absolute atomic E-state index is 12.3. The Kier molecular flexibility index (Phi) is 4.76. The van der Waals surface area contributed by atoms with Crippen LogP contribution in [0.5, 0.6) is 0 Å². The summed E-state index contributed by atoms with van der Waals surface area (Å²) in [5, 5.41) is 13.0. The third kappa shape index (κ3) is 3.63. The summed E-state index contributed by atoms with van der Waals surface area (Å²) >= 11 is 1.33. The third-order valence-electron chi connectivity index (χ3n) is 4.21. The Morgan fingerprint density at radius 2 is 2.15 bits per heavy atom. The van der Waals surface area contributed by atoms with E-state index in [1.54, 1.807) is 19.1 Å². The van der Waals surface area contributed by atoms with Crippen LogP contribution >= 0.6 is 11.3 Å². The molecule has 1 fully saturated rings. The highest BCUT2D eigenvalue weighted by Gasteiger charge is 2.32. The van der Waals surface area contributed by atoms with Crippen LogP contribution in [0.1, 0.15) is 41.6 Å². The average Bonchev–Trinajstić information content (AvgIpc) is 3.30. The molecule has 27 heavy (non-hydrogen) atoms. The Morgan fingerprint density at radius 3 is 2.93 bits per heavy atom. The lowest BCUT2D eigenvalue weighted by Gasteiger charge is -2.09. The van der Waals surface area contributed by atoms with Gasteiger partial charge in [-0.2, -0.15) is 0 Å². The number of rotatable bonds is 7. The molecule has 1 N–H and O–H groups in total. The summed E-state index contributed by atoms with van der Waals surface area (Å²) < 4.78 is 5.16. The standard InChI is InChI=1S/C18H18N4O4S/c1-2-25-18(24)16-12(11-7-8-11)10-27-17(16)19-15(23)9-26-22-14-6-4-3-5-13(14)20-21-22/h3-6,10-11H,2,7-9H2,1H3,(H,19,23). The van der Waals surface area contributed by atoms with Crippen molar-refractivity contribution in [3.8, 4) is 0 Å². The van der Waals surface area contributed by atoms with Gasteiger partial charge in [0.05, 0.1) is 12.2 Å². The van der Waals surface area contributed by atoms with Crippen molar-refractivity contribution >= 4 is 39.2 Å². The molecule has 2 aromatic heterocycles. The lowest BCUT2D eigenvalue weighted by atomic mass is 10.1. The number of hydrogen-bond donors (Lipinski definition) is 1. The van der Waals surface area contributed by atoms with Crippen LogP contribution in [0.2, 0.25) is 0 Å². The third-order valence-corrected chi connectivity index (χ3v) is 5.12. The quantitative estimate of drug-likeness (QED) is 0.627. The number of anilines is 1. The Morgan fingerprint density at radius 1 is 1.33 bits per heavy atom. The molecule has 1 aliphatic rings. The molecule has 0 aliphatic heterocycles. The molecule has 9 heteroatoms. The van der Waals surface area contributed by atoms with Crippen LogP contribution in [0, 0.1) is 0 Å².